The number of pyridine rings is 1. The number of fused-ring (bicyclic) bond motifs is 1. The molecule has 7 rings (SSSR count). The maximum atomic E-state index is 15.4. The normalized spacial score (nSPS) is 11.5. The van der Waals surface area contributed by atoms with E-state index in [0.29, 0.717) is 17.0 Å². The molecule has 0 bridgehead atoms. The molecular formula is C42H15BBrF20NO2. The second kappa shape index (κ2) is 18.9. The van der Waals surface area contributed by atoms with Gasteiger partial charge in [-0.3, -0.25) is 4.79 Å². The van der Waals surface area contributed by atoms with Crippen molar-refractivity contribution in [1.29, 1.82) is 0 Å². The summed E-state index contributed by atoms with van der Waals surface area (Å²) in [6, 6.07) is 19.3. The predicted molar refractivity (Wildman–Crippen MR) is 199 cm³/mol. The Hall–Kier alpha value is -6.66. The van der Waals surface area contributed by atoms with Crippen LogP contribution < -0.4 is 31.2 Å². The summed E-state index contributed by atoms with van der Waals surface area (Å²) in [6.45, 7) is 0.247. The van der Waals surface area contributed by atoms with Crippen LogP contribution in [0.1, 0.15) is 10.4 Å². The highest BCUT2D eigenvalue weighted by Crippen LogP contribution is 2.31. The first kappa shape index (κ1) is 49.8. The zero-order chi connectivity index (χ0) is 49.7. The lowest BCUT2D eigenvalue weighted by molar-refractivity contribution is -0.686. The SMILES string of the molecule is Fc1c(F)c(F)c([B-](c2c(F)c(F)c(F)c(F)c2F)(c2c(F)c(F)c(F)c(F)c2F)c2c(F)c(F)c(F)c(F)c2F)c(F)c1F.O=C(C[n+]1ccc2ccccc2c1OCBr)c1ccccc1. The number of alkyl halides is 1. The number of carbonyl (C=O) groups is 1. The molecule has 3 nitrogen and oxygen atoms in total. The lowest BCUT2D eigenvalue weighted by atomic mass is 9.12. The van der Waals surface area contributed by atoms with Crippen molar-refractivity contribution in [3.8, 4) is 5.88 Å². The summed E-state index contributed by atoms with van der Waals surface area (Å²) in [4.78, 5) is 12.4. The molecule has 0 spiro atoms. The summed E-state index contributed by atoms with van der Waals surface area (Å²) < 4.78 is 302. The number of carbonyl (C=O) groups excluding carboxylic acids is 1. The Balaban J connectivity index is 0.000000279. The maximum Gasteiger partial charge on any atom is 0.377 e. The third kappa shape index (κ3) is 7.98. The van der Waals surface area contributed by atoms with E-state index in [2.05, 4.69) is 15.9 Å². The molecule has 0 saturated carbocycles. The molecule has 1 heterocycles. The first-order valence-electron chi connectivity index (χ1n) is 17.9. The molecule has 0 fully saturated rings. The standard InChI is InChI=1S/C24BF20.C18H15BrNO2/c26-5-1(6(27)14(35)21(42)13(5)34)25(2-7(28)15(36)22(43)16(37)8(2)29,3-9(30)17(38)23(44)18(39)10(3)31)4-11(32)19(40)24(45)20(41)12(4)33;19-13-22-18-16-9-5-4-6-14(16)10-11-20(18)12-17(21)15-7-2-1-3-8-15/h;1-11H,12-13H2/q-1;+1. The topological polar surface area (TPSA) is 30.2 Å². The van der Waals surface area contributed by atoms with Crippen LogP contribution in [0.4, 0.5) is 87.8 Å². The molecule has 67 heavy (non-hydrogen) atoms. The molecule has 7 aromatic rings. The average Bonchev–Trinajstić information content (AvgIpc) is 3.32. The molecule has 0 aliphatic rings. The summed E-state index contributed by atoms with van der Waals surface area (Å²) >= 11 is 3.30. The van der Waals surface area contributed by atoms with Gasteiger partial charge in [0, 0.05) is 11.6 Å². The molecule has 0 aliphatic carbocycles. The van der Waals surface area contributed by atoms with Gasteiger partial charge in [0.25, 0.3) is 0 Å². The van der Waals surface area contributed by atoms with E-state index in [0.717, 1.165) is 10.8 Å². The zero-order valence-electron chi connectivity index (χ0n) is 32.0. The van der Waals surface area contributed by atoms with E-state index in [1.807, 2.05) is 71.4 Å². The van der Waals surface area contributed by atoms with Crippen molar-refractivity contribution in [2.45, 2.75) is 6.54 Å². The van der Waals surface area contributed by atoms with Crippen molar-refractivity contribution in [3.05, 3.63) is 189 Å². The van der Waals surface area contributed by atoms with Crippen molar-refractivity contribution in [1.82, 2.24) is 0 Å². The first-order valence-corrected chi connectivity index (χ1v) is 19.0. The Bertz CT molecular complexity index is 2780. The fraction of sp³-hybridized carbons (Fsp3) is 0.0476. The van der Waals surface area contributed by atoms with Gasteiger partial charge < -0.3 is 4.74 Å². The van der Waals surface area contributed by atoms with Crippen molar-refractivity contribution in [2.24, 2.45) is 0 Å². The number of benzene rings is 6. The highest BCUT2D eigenvalue weighted by Gasteiger charge is 2.52. The quantitative estimate of drug-likeness (QED) is 0.0275. The maximum absolute atomic E-state index is 15.4. The molecule has 6 aromatic carbocycles. The molecule has 25 heteroatoms. The van der Waals surface area contributed by atoms with E-state index in [1.54, 1.807) is 0 Å². The van der Waals surface area contributed by atoms with Crippen LogP contribution >= 0.6 is 15.9 Å². The van der Waals surface area contributed by atoms with Gasteiger partial charge in [-0.05, 0) is 27.4 Å². The van der Waals surface area contributed by atoms with Crippen LogP contribution in [0.15, 0.2) is 66.9 Å². The number of ether oxygens (including phenoxy) is 1. The molecule has 0 N–H and O–H groups in total. The lowest BCUT2D eigenvalue weighted by Crippen LogP contribution is -2.81. The summed E-state index contributed by atoms with van der Waals surface area (Å²) in [5, 5.41) is 2.08. The number of halogens is 21. The van der Waals surface area contributed by atoms with Gasteiger partial charge in [-0.1, -0.05) is 48.5 Å². The summed E-state index contributed by atoms with van der Waals surface area (Å²) in [5.74, 6) is -70.7. The van der Waals surface area contributed by atoms with Gasteiger partial charge in [0.1, 0.15) is 58.2 Å². The smallest absolute Gasteiger partial charge is 0.377 e. The molecule has 350 valence electrons. The highest BCUT2D eigenvalue weighted by atomic mass is 79.9. The predicted octanol–water partition coefficient (Wildman–Crippen LogP) is 9.59. The first-order chi connectivity index (χ1) is 31.5. The largest absolute Gasteiger partial charge is 0.432 e. The molecule has 0 radical (unpaired) electrons. The second-order valence-corrected chi connectivity index (χ2v) is 14.1. The molecule has 0 atom stereocenters. The number of rotatable bonds is 9. The van der Waals surface area contributed by atoms with Gasteiger partial charge >= 0.3 is 5.88 Å². The third-order valence-corrected chi connectivity index (χ3v) is 10.4. The molecule has 1 aromatic heterocycles. The Morgan fingerprint density at radius 3 is 1.04 bits per heavy atom. The van der Waals surface area contributed by atoms with Crippen LogP contribution in [0, 0.1) is 116 Å². The summed E-state index contributed by atoms with van der Waals surface area (Å²) in [6.07, 6.45) is -5.33. The number of nitrogens with zero attached hydrogens (tertiary/aromatic N) is 1. The number of hydrogen-bond donors (Lipinski definition) is 0. The number of Topliss-reactive ketones (excluding diaryl/α,β-unsaturated/α-hetero) is 1. The minimum Gasteiger partial charge on any atom is -0.432 e. The Labute approximate surface area is 368 Å². The van der Waals surface area contributed by atoms with E-state index in [9.17, 15) is 57.5 Å². The minimum absolute atomic E-state index is 0.0558. The van der Waals surface area contributed by atoms with Crippen molar-refractivity contribution in [2.75, 3.05) is 5.52 Å². The fourth-order valence-corrected chi connectivity index (χ4v) is 7.53. The van der Waals surface area contributed by atoms with Gasteiger partial charge in [-0.25, -0.2) is 87.8 Å². The van der Waals surface area contributed by atoms with Gasteiger partial charge in [0.2, 0.25) is 12.3 Å². The Morgan fingerprint density at radius 1 is 0.418 bits per heavy atom. The van der Waals surface area contributed by atoms with E-state index in [-0.39, 0.29) is 12.3 Å². The molecule has 0 amide bonds. The van der Waals surface area contributed by atoms with Crippen LogP contribution in [0.5, 0.6) is 5.88 Å². The third-order valence-electron chi connectivity index (χ3n) is 10.2. The van der Waals surface area contributed by atoms with Crippen molar-refractivity contribution < 1.29 is 102 Å². The average molecular weight is 1040 g/mol. The van der Waals surface area contributed by atoms with E-state index in [4.69, 9.17) is 4.74 Å². The van der Waals surface area contributed by atoms with Gasteiger partial charge in [0.15, 0.2) is 76.0 Å². The molecule has 0 unspecified atom stereocenters. The Kier molecular flexibility index (Phi) is 14.1. The Morgan fingerprint density at radius 2 is 0.716 bits per heavy atom. The van der Waals surface area contributed by atoms with Crippen LogP contribution in [0.3, 0.4) is 0 Å². The van der Waals surface area contributed by atoms with E-state index < -0.39 is 144 Å². The van der Waals surface area contributed by atoms with Crippen molar-refractivity contribution >= 4 is 60.5 Å². The highest BCUT2D eigenvalue weighted by molar-refractivity contribution is 9.09. The van der Waals surface area contributed by atoms with Gasteiger partial charge in [-0.15, -0.1) is 21.9 Å². The van der Waals surface area contributed by atoms with E-state index >= 15 is 35.1 Å². The second-order valence-electron chi connectivity index (χ2n) is 13.7. The molecule has 0 aliphatic heterocycles. The summed E-state index contributed by atoms with van der Waals surface area (Å²) in [7, 11) is 0. The van der Waals surface area contributed by atoms with Crippen LogP contribution in [-0.2, 0) is 6.54 Å². The van der Waals surface area contributed by atoms with Crippen LogP contribution in [-0.4, -0.2) is 17.4 Å². The number of aromatic nitrogens is 1. The minimum atomic E-state index is -7.22. The number of ketones is 1. The van der Waals surface area contributed by atoms with Crippen LogP contribution in [0.2, 0.25) is 0 Å². The fourth-order valence-electron chi connectivity index (χ4n) is 7.31. The zero-order valence-corrected chi connectivity index (χ0v) is 33.6. The van der Waals surface area contributed by atoms with Gasteiger partial charge in [0.05, 0.1) is 5.39 Å². The van der Waals surface area contributed by atoms with Crippen LogP contribution in [0.25, 0.3) is 10.8 Å². The van der Waals surface area contributed by atoms with Crippen molar-refractivity contribution in [3.63, 3.8) is 0 Å². The number of hydrogen-bond acceptors (Lipinski definition) is 2. The molecule has 0 saturated heterocycles. The van der Waals surface area contributed by atoms with E-state index in [1.165, 1.54) is 0 Å². The lowest BCUT2D eigenvalue weighted by Gasteiger charge is -2.44. The monoisotopic (exact) mass is 1040 g/mol. The summed E-state index contributed by atoms with van der Waals surface area (Å²) in [5.41, 5.74) is -13.3. The molecular weight excluding hydrogens is 1020 g/mol. The van der Waals surface area contributed by atoms with Gasteiger partial charge in [-0.2, -0.15) is 4.57 Å².